The SMILES string of the molecule is C[C@H](CC/C=C1\CCCCC1O)[C@H]1CCC2/C(=C/Br)CCC[C@@]21C. The minimum absolute atomic E-state index is 0.146. The zero-order valence-electron chi connectivity index (χ0n) is 15.6. The highest BCUT2D eigenvalue weighted by molar-refractivity contribution is 9.11. The Morgan fingerprint density at radius 3 is 2.71 bits per heavy atom. The van der Waals surface area contributed by atoms with E-state index in [1.54, 1.807) is 5.57 Å². The standard InChI is InChI=1S/C22H35BrO/c1-16(7-5-9-17-8-3-4-11-21(17)24)19-12-13-20-18(15-23)10-6-14-22(19,20)2/h9,15-16,19-21,24H,3-8,10-14H2,1-2H3/b17-9+,18-15+/t16-,19-,20?,21?,22-/m1/s1. The zero-order chi connectivity index (χ0) is 17.2. The van der Waals surface area contributed by atoms with Crippen LogP contribution in [0.3, 0.4) is 0 Å². The summed E-state index contributed by atoms with van der Waals surface area (Å²) in [5.41, 5.74) is 3.52. The first-order valence-electron chi connectivity index (χ1n) is 10.2. The lowest BCUT2D eigenvalue weighted by Gasteiger charge is -2.44. The maximum absolute atomic E-state index is 10.1. The molecule has 3 saturated carbocycles. The fourth-order valence-corrected chi connectivity index (χ4v) is 6.68. The third-order valence-corrected chi connectivity index (χ3v) is 8.10. The summed E-state index contributed by atoms with van der Waals surface area (Å²) in [5.74, 6) is 2.49. The van der Waals surface area contributed by atoms with Gasteiger partial charge in [0.25, 0.3) is 0 Å². The number of fused-ring (bicyclic) bond motifs is 1. The minimum Gasteiger partial charge on any atom is -0.389 e. The van der Waals surface area contributed by atoms with Gasteiger partial charge in [-0.3, -0.25) is 0 Å². The Balaban J connectivity index is 1.59. The van der Waals surface area contributed by atoms with Crippen molar-refractivity contribution < 1.29 is 5.11 Å². The average Bonchev–Trinajstić information content (AvgIpc) is 2.93. The highest BCUT2D eigenvalue weighted by Gasteiger charge is 2.50. The highest BCUT2D eigenvalue weighted by Crippen LogP contribution is 2.59. The molecular weight excluding hydrogens is 360 g/mol. The number of hydrogen-bond donors (Lipinski definition) is 1. The monoisotopic (exact) mass is 394 g/mol. The van der Waals surface area contributed by atoms with E-state index in [1.165, 1.54) is 56.9 Å². The van der Waals surface area contributed by atoms with Crippen LogP contribution in [0, 0.1) is 23.2 Å². The molecule has 0 bridgehead atoms. The summed E-state index contributed by atoms with van der Waals surface area (Å²) >= 11 is 3.63. The van der Waals surface area contributed by atoms with Crippen molar-refractivity contribution in [1.29, 1.82) is 0 Å². The zero-order valence-corrected chi connectivity index (χ0v) is 17.2. The molecule has 0 aliphatic heterocycles. The second-order valence-electron chi connectivity index (χ2n) is 8.88. The smallest absolute Gasteiger partial charge is 0.0750 e. The number of halogens is 1. The molecule has 1 N–H and O–H groups in total. The van der Waals surface area contributed by atoms with E-state index < -0.39 is 0 Å². The molecule has 0 radical (unpaired) electrons. The Kier molecular flexibility index (Phi) is 6.30. The molecule has 3 aliphatic carbocycles. The predicted molar refractivity (Wildman–Crippen MR) is 106 cm³/mol. The Morgan fingerprint density at radius 1 is 1.17 bits per heavy atom. The van der Waals surface area contributed by atoms with Crippen LogP contribution >= 0.6 is 15.9 Å². The third-order valence-electron chi connectivity index (χ3n) is 7.51. The van der Waals surface area contributed by atoms with E-state index in [-0.39, 0.29) is 6.10 Å². The van der Waals surface area contributed by atoms with Gasteiger partial charge in [0.05, 0.1) is 6.10 Å². The van der Waals surface area contributed by atoms with Gasteiger partial charge < -0.3 is 5.11 Å². The lowest BCUT2D eigenvalue weighted by molar-refractivity contribution is 0.0947. The van der Waals surface area contributed by atoms with Crippen LogP contribution in [0.15, 0.2) is 22.2 Å². The van der Waals surface area contributed by atoms with Gasteiger partial charge in [0.1, 0.15) is 0 Å². The second-order valence-corrected chi connectivity index (χ2v) is 9.33. The van der Waals surface area contributed by atoms with E-state index in [4.69, 9.17) is 0 Å². The van der Waals surface area contributed by atoms with Crippen molar-refractivity contribution in [3.8, 4) is 0 Å². The van der Waals surface area contributed by atoms with Crippen molar-refractivity contribution >= 4 is 15.9 Å². The van der Waals surface area contributed by atoms with Crippen molar-refractivity contribution in [3.63, 3.8) is 0 Å². The molecule has 3 fully saturated rings. The van der Waals surface area contributed by atoms with Gasteiger partial charge in [0.15, 0.2) is 0 Å². The van der Waals surface area contributed by atoms with Crippen LogP contribution in [0.2, 0.25) is 0 Å². The summed E-state index contributed by atoms with van der Waals surface area (Å²) in [6, 6.07) is 0. The van der Waals surface area contributed by atoms with Crippen LogP contribution in [0.4, 0.5) is 0 Å². The summed E-state index contributed by atoms with van der Waals surface area (Å²) in [4.78, 5) is 2.23. The molecule has 0 aromatic heterocycles. The van der Waals surface area contributed by atoms with Crippen LogP contribution in [0.25, 0.3) is 0 Å². The van der Waals surface area contributed by atoms with Gasteiger partial charge in [-0.1, -0.05) is 47.8 Å². The van der Waals surface area contributed by atoms with Crippen LogP contribution in [-0.2, 0) is 0 Å². The van der Waals surface area contributed by atoms with E-state index in [1.807, 2.05) is 0 Å². The molecule has 0 spiro atoms. The quantitative estimate of drug-likeness (QED) is 0.522. The molecule has 3 rings (SSSR count). The third kappa shape index (κ3) is 3.70. The molecule has 2 unspecified atom stereocenters. The fourth-order valence-electron chi connectivity index (χ4n) is 6.14. The van der Waals surface area contributed by atoms with Crippen molar-refractivity contribution in [2.75, 3.05) is 0 Å². The first-order valence-corrected chi connectivity index (χ1v) is 11.1. The summed E-state index contributed by atoms with van der Waals surface area (Å²) in [5, 5.41) is 10.1. The molecule has 24 heavy (non-hydrogen) atoms. The minimum atomic E-state index is -0.146. The van der Waals surface area contributed by atoms with E-state index in [9.17, 15) is 5.11 Å². The second kappa shape index (κ2) is 8.08. The van der Waals surface area contributed by atoms with E-state index in [2.05, 4.69) is 40.8 Å². The van der Waals surface area contributed by atoms with Gasteiger partial charge in [-0.15, -0.1) is 0 Å². The number of aliphatic hydroxyl groups is 1. The molecule has 1 nitrogen and oxygen atoms in total. The summed E-state index contributed by atoms with van der Waals surface area (Å²) < 4.78 is 0. The molecule has 3 aliphatic rings. The van der Waals surface area contributed by atoms with Crippen molar-refractivity contribution in [3.05, 3.63) is 22.2 Å². The van der Waals surface area contributed by atoms with Gasteiger partial charge in [-0.05, 0) is 97.9 Å². The molecule has 0 saturated heterocycles. The summed E-state index contributed by atoms with van der Waals surface area (Å²) in [7, 11) is 0. The Bertz CT molecular complexity index is 494. The lowest BCUT2D eigenvalue weighted by atomic mass is 9.61. The normalized spacial score (nSPS) is 41.6. The van der Waals surface area contributed by atoms with Crippen molar-refractivity contribution in [2.45, 2.75) is 90.6 Å². The number of hydrogen-bond acceptors (Lipinski definition) is 1. The maximum atomic E-state index is 10.1. The topological polar surface area (TPSA) is 20.2 Å². The van der Waals surface area contributed by atoms with Gasteiger partial charge in [0.2, 0.25) is 0 Å². The fraction of sp³-hybridized carbons (Fsp3) is 0.818. The largest absolute Gasteiger partial charge is 0.389 e. The lowest BCUT2D eigenvalue weighted by Crippen LogP contribution is -2.35. The molecule has 5 atom stereocenters. The van der Waals surface area contributed by atoms with Crippen LogP contribution < -0.4 is 0 Å². The molecule has 2 heteroatoms. The Morgan fingerprint density at radius 2 is 1.96 bits per heavy atom. The Labute approximate surface area is 157 Å². The first-order chi connectivity index (χ1) is 11.6. The number of allylic oxidation sites excluding steroid dienone is 2. The van der Waals surface area contributed by atoms with Crippen LogP contribution in [-0.4, -0.2) is 11.2 Å². The molecule has 0 aromatic carbocycles. The molecule has 136 valence electrons. The highest BCUT2D eigenvalue weighted by atomic mass is 79.9. The Hall–Kier alpha value is -0.0800. The molecular formula is C22H35BrO. The summed E-state index contributed by atoms with van der Waals surface area (Å²) in [6.07, 6.45) is 16.1. The maximum Gasteiger partial charge on any atom is 0.0750 e. The number of aliphatic hydroxyl groups excluding tert-OH is 1. The van der Waals surface area contributed by atoms with Gasteiger partial charge in [-0.25, -0.2) is 0 Å². The average molecular weight is 395 g/mol. The van der Waals surface area contributed by atoms with Crippen molar-refractivity contribution in [1.82, 2.24) is 0 Å². The first kappa shape index (κ1) is 18.7. The molecule has 0 heterocycles. The van der Waals surface area contributed by atoms with Crippen LogP contribution in [0.5, 0.6) is 0 Å². The van der Waals surface area contributed by atoms with E-state index in [0.29, 0.717) is 5.41 Å². The predicted octanol–water partition coefficient (Wildman–Crippen LogP) is 6.76. The molecule has 0 amide bonds. The van der Waals surface area contributed by atoms with Crippen molar-refractivity contribution in [2.24, 2.45) is 23.2 Å². The summed E-state index contributed by atoms with van der Waals surface area (Å²) in [6.45, 7) is 5.06. The van der Waals surface area contributed by atoms with Gasteiger partial charge in [-0.2, -0.15) is 0 Å². The van der Waals surface area contributed by atoms with Crippen LogP contribution in [0.1, 0.15) is 84.5 Å². The molecule has 0 aromatic rings. The van der Waals surface area contributed by atoms with E-state index in [0.717, 1.165) is 37.0 Å². The number of rotatable bonds is 4. The van der Waals surface area contributed by atoms with Gasteiger partial charge in [0, 0.05) is 0 Å². The van der Waals surface area contributed by atoms with Gasteiger partial charge >= 0.3 is 0 Å². The van der Waals surface area contributed by atoms with E-state index >= 15 is 0 Å².